The SMILES string of the molecule is CCSCCN(C)CC. The number of hydrogen-bond acceptors (Lipinski definition) is 2. The van der Waals surface area contributed by atoms with E-state index in [9.17, 15) is 0 Å². The smallest absolute Gasteiger partial charge is 0.00692 e. The van der Waals surface area contributed by atoms with Gasteiger partial charge in [-0.2, -0.15) is 11.8 Å². The van der Waals surface area contributed by atoms with E-state index >= 15 is 0 Å². The van der Waals surface area contributed by atoms with Gasteiger partial charge in [0.1, 0.15) is 0 Å². The third-order valence-electron chi connectivity index (χ3n) is 1.36. The molecule has 0 radical (unpaired) electrons. The summed E-state index contributed by atoms with van der Waals surface area (Å²) in [6.07, 6.45) is 0. The van der Waals surface area contributed by atoms with E-state index in [4.69, 9.17) is 0 Å². The second-order valence-electron chi connectivity index (χ2n) is 2.09. The molecule has 0 aromatic rings. The summed E-state index contributed by atoms with van der Waals surface area (Å²) in [5.74, 6) is 2.53. The van der Waals surface area contributed by atoms with Crippen molar-refractivity contribution in [3.8, 4) is 0 Å². The van der Waals surface area contributed by atoms with Gasteiger partial charge in [0, 0.05) is 12.3 Å². The van der Waals surface area contributed by atoms with Crippen LogP contribution in [0.25, 0.3) is 0 Å². The molecule has 0 aliphatic rings. The molecule has 0 aromatic carbocycles. The molecule has 9 heavy (non-hydrogen) atoms. The molecular weight excluding hydrogens is 130 g/mol. The predicted octanol–water partition coefficient (Wildman–Crippen LogP) is 1.69. The molecular formula is C7H17NS. The van der Waals surface area contributed by atoms with Gasteiger partial charge >= 0.3 is 0 Å². The van der Waals surface area contributed by atoms with Crippen molar-refractivity contribution in [2.75, 3.05) is 31.6 Å². The van der Waals surface area contributed by atoms with E-state index in [0.29, 0.717) is 0 Å². The Bertz CT molecular complexity index is 56.9. The maximum Gasteiger partial charge on any atom is 0.00692 e. The van der Waals surface area contributed by atoms with Gasteiger partial charge in [0.05, 0.1) is 0 Å². The third-order valence-corrected chi connectivity index (χ3v) is 2.24. The first-order valence-electron chi connectivity index (χ1n) is 3.57. The molecule has 0 saturated heterocycles. The summed E-state index contributed by atoms with van der Waals surface area (Å²) in [5.41, 5.74) is 0. The van der Waals surface area contributed by atoms with Crippen LogP contribution >= 0.6 is 11.8 Å². The molecule has 0 atom stereocenters. The lowest BCUT2D eigenvalue weighted by Gasteiger charge is -2.11. The molecule has 0 rings (SSSR count). The lowest BCUT2D eigenvalue weighted by molar-refractivity contribution is 0.376. The van der Waals surface area contributed by atoms with Crippen molar-refractivity contribution < 1.29 is 0 Å². The summed E-state index contributed by atoms with van der Waals surface area (Å²) in [5, 5.41) is 0. The van der Waals surface area contributed by atoms with E-state index in [1.807, 2.05) is 11.8 Å². The van der Waals surface area contributed by atoms with Crippen molar-refractivity contribution in [3.63, 3.8) is 0 Å². The van der Waals surface area contributed by atoms with E-state index in [0.717, 1.165) is 0 Å². The van der Waals surface area contributed by atoms with Crippen molar-refractivity contribution >= 4 is 11.8 Å². The van der Waals surface area contributed by atoms with Crippen LogP contribution in [0.1, 0.15) is 13.8 Å². The van der Waals surface area contributed by atoms with E-state index < -0.39 is 0 Å². The minimum atomic E-state index is 1.17. The van der Waals surface area contributed by atoms with Crippen molar-refractivity contribution in [3.05, 3.63) is 0 Å². The highest BCUT2D eigenvalue weighted by atomic mass is 32.2. The van der Waals surface area contributed by atoms with Gasteiger partial charge in [-0.25, -0.2) is 0 Å². The Hall–Kier alpha value is 0.310. The van der Waals surface area contributed by atoms with Gasteiger partial charge in [-0.15, -0.1) is 0 Å². The van der Waals surface area contributed by atoms with Crippen LogP contribution in [0, 0.1) is 0 Å². The van der Waals surface area contributed by atoms with Crippen LogP contribution in [0.5, 0.6) is 0 Å². The molecule has 2 heteroatoms. The second-order valence-corrected chi connectivity index (χ2v) is 3.49. The monoisotopic (exact) mass is 147 g/mol. The normalized spacial score (nSPS) is 10.7. The maximum absolute atomic E-state index is 2.34. The first-order chi connectivity index (χ1) is 4.31. The molecule has 0 aliphatic carbocycles. The fourth-order valence-electron chi connectivity index (χ4n) is 0.523. The van der Waals surface area contributed by atoms with Crippen LogP contribution < -0.4 is 0 Å². The van der Waals surface area contributed by atoms with Crippen molar-refractivity contribution in [1.29, 1.82) is 0 Å². The van der Waals surface area contributed by atoms with Gasteiger partial charge in [0.15, 0.2) is 0 Å². The topological polar surface area (TPSA) is 3.24 Å². The van der Waals surface area contributed by atoms with E-state index in [2.05, 4.69) is 25.8 Å². The largest absolute Gasteiger partial charge is 0.306 e. The quantitative estimate of drug-likeness (QED) is 0.544. The van der Waals surface area contributed by atoms with Crippen molar-refractivity contribution in [2.45, 2.75) is 13.8 Å². The molecule has 0 bridgehead atoms. The van der Waals surface area contributed by atoms with Gasteiger partial charge in [0.25, 0.3) is 0 Å². The molecule has 0 spiro atoms. The maximum atomic E-state index is 2.34. The van der Waals surface area contributed by atoms with Crippen molar-refractivity contribution in [1.82, 2.24) is 4.90 Å². The molecule has 0 saturated carbocycles. The Kier molecular flexibility index (Phi) is 6.65. The highest BCUT2D eigenvalue weighted by molar-refractivity contribution is 7.99. The minimum absolute atomic E-state index is 1.17. The van der Waals surface area contributed by atoms with Gasteiger partial charge in [0.2, 0.25) is 0 Å². The molecule has 0 fully saturated rings. The first-order valence-corrected chi connectivity index (χ1v) is 4.73. The summed E-state index contributed by atoms with van der Waals surface area (Å²) >= 11 is 2.01. The van der Waals surface area contributed by atoms with Crippen LogP contribution in [0.4, 0.5) is 0 Å². The zero-order valence-corrected chi connectivity index (χ0v) is 7.50. The Balaban J connectivity index is 2.88. The van der Waals surface area contributed by atoms with Crippen LogP contribution in [0.3, 0.4) is 0 Å². The molecule has 0 aromatic heterocycles. The summed E-state index contributed by atoms with van der Waals surface area (Å²) in [6.45, 7) is 6.80. The number of hydrogen-bond donors (Lipinski definition) is 0. The van der Waals surface area contributed by atoms with Crippen LogP contribution in [-0.2, 0) is 0 Å². The average Bonchev–Trinajstić information content (AvgIpc) is 1.89. The van der Waals surface area contributed by atoms with E-state index in [1.165, 1.54) is 24.6 Å². The Morgan fingerprint density at radius 1 is 1.33 bits per heavy atom. The molecule has 0 unspecified atom stereocenters. The Morgan fingerprint density at radius 3 is 2.44 bits per heavy atom. The van der Waals surface area contributed by atoms with Gasteiger partial charge in [-0.1, -0.05) is 13.8 Å². The van der Waals surface area contributed by atoms with Gasteiger partial charge in [-0.3, -0.25) is 0 Å². The van der Waals surface area contributed by atoms with E-state index in [-0.39, 0.29) is 0 Å². The highest BCUT2D eigenvalue weighted by Crippen LogP contribution is 1.97. The number of nitrogens with zero attached hydrogens (tertiary/aromatic N) is 1. The lowest BCUT2D eigenvalue weighted by atomic mass is 10.6. The fourth-order valence-corrected chi connectivity index (χ4v) is 1.25. The first kappa shape index (κ1) is 9.31. The van der Waals surface area contributed by atoms with Gasteiger partial charge in [-0.05, 0) is 19.3 Å². The Labute approximate surface area is 62.8 Å². The average molecular weight is 147 g/mol. The molecule has 0 amide bonds. The molecule has 0 heterocycles. The minimum Gasteiger partial charge on any atom is -0.306 e. The van der Waals surface area contributed by atoms with E-state index in [1.54, 1.807) is 0 Å². The van der Waals surface area contributed by atoms with Crippen molar-refractivity contribution in [2.24, 2.45) is 0 Å². The Morgan fingerprint density at radius 2 is 2.00 bits per heavy atom. The molecule has 1 nitrogen and oxygen atoms in total. The summed E-state index contributed by atoms with van der Waals surface area (Å²) in [7, 11) is 2.16. The molecule has 56 valence electrons. The molecule has 0 N–H and O–H groups in total. The predicted molar refractivity (Wildman–Crippen MR) is 46.2 cm³/mol. The highest BCUT2D eigenvalue weighted by Gasteiger charge is 1.91. The third kappa shape index (κ3) is 6.19. The summed E-state index contributed by atoms with van der Waals surface area (Å²) < 4.78 is 0. The number of rotatable bonds is 5. The zero-order chi connectivity index (χ0) is 7.11. The van der Waals surface area contributed by atoms with Crippen LogP contribution in [0.15, 0.2) is 0 Å². The summed E-state index contributed by atoms with van der Waals surface area (Å²) in [6, 6.07) is 0. The number of thioether (sulfide) groups is 1. The fraction of sp³-hybridized carbons (Fsp3) is 1.00. The second kappa shape index (κ2) is 6.43. The van der Waals surface area contributed by atoms with Gasteiger partial charge < -0.3 is 4.90 Å². The molecule has 0 aliphatic heterocycles. The lowest BCUT2D eigenvalue weighted by Crippen LogP contribution is -2.20. The van der Waals surface area contributed by atoms with Crippen LogP contribution in [0.2, 0.25) is 0 Å². The zero-order valence-electron chi connectivity index (χ0n) is 6.68. The van der Waals surface area contributed by atoms with Crippen LogP contribution in [-0.4, -0.2) is 36.5 Å². The standard InChI is InChI=1S/C7H17NS/c1-4-8(3)6-7-9-5-2/h4-7H2,1-3H3. The summed E-state index contributed by atoms with van der Waals surface area (Å²) in [4.78, 5) is 2.34.